The Bertz CT molecular complexity index is 795. The third kappa shape index (κ3) is 6.30. The standard InChI is InChI=1S/C22H27N3O3/c26-21(23-13-12-17-5-2-1-3-6-17)16-24-19-10-8-18(9-11-19)22(27)25-15-20-7-4-14-28-20/h4-5,7-11,14,24H,1-3,6,12-13,15-16H2,(H,23,26)(H,25,27). The Balaban J connectivity index is 1.35. The number of furan rings is 1. The summed E-state index contributed by atoms with van der Waals surface area (Å²) in [4.78, 5) is 24.1. The van der Waals surface area contributed by atoms with Crippen molar-refractivity contribution in [2.24, 2.45) is 0 Å². The molecule has 2 amide bonds. The molecule has 0 saturated carbocycles. The lowest BCUT2D eigenvalue weighted by atomic mass is 9.97. The summed E-state index contributed by atoms with van der Waals surface area (Å²) in [6, 6.07) is 10.6. The van der Waals surface area contributed by atoms with E-state index in [4.69, 9.17) is 4.42 Å². The predicted molar refractivity (Wildman–Crippen MR) is 109 cm³/mol. The highest BCUT2D eigenvalue weighted by Gasteiger charge is 2.07. The van der Waals surface area contributed by atoms with Crippen molar-refractivity contribution in [2.45, 2.75) is 38.6 Å². The van der Waals surface area contributed by atoms with Crippen LogP contribution in [-0.4, -0.2) is 24.9 Å². The molecular formula is C22H27N3O3. The molecule has 6 heteroatoms. The lowest BCUT2D eigenvalue weighted by molar-refractivity contribution is -0.119. The van der Waals surface area contributed by atoms with Crippen LogP contribution in [0.3, 0.4) is 0 Å². The fraction of sp³-hybridized carbons (Fsp3) is 0.364. The van der Waals surface area contributed by atoms with Crippen molar-refractivity contribution in [3.8, 4) is 0 Å². The Morgan fingerprint density at radius 3 is 2.61 bits per heavy atom. The monoisotopic (exact) mass is 381 g/mol. The van der Waals surface area contributed by atoms with E-state index in [2.05, 4.69) is 22.0 Å². The molecule has 1 aliphatic carbocycles. The van der Waals surface area contributed by atoms with Gasteiger partial charge in [0.25, 0.3) is 5.91 Å². The average molecular weight is 381 g/mol. The van der Waals surface area contributed by atoms with Gasteiger partial charge < -0.3 is 20.4 Å². The maximum absolute atomic E-state index is 12.1. The van der Waals surface area contributed by atoms with Crippen molar-refractivity contribution >= 4 is 17.5 Å². The van der Waals surface area contributed by atoms with Gasteiger partial charge >= 0.3 is 0 Å². The summed E-state index contributed by atoms with van der Waals surface area (Å²) >= 11 is 0. The van der Waals surface area contributed by atoms with Crippen LogP contribution in [0.4, 0.5) is 5.69 Å². The Hall–Kier alpha value is -3.02. The van der Waals surface area contributed by atoms with Crippen LogP contribution in [0.1, 0.15) is 48.2 Å². The fourth-order valence-corrected chi connectivity index (χ4v) is 3.16. The predicted octanol–water partition coefficient (Wildman–Crippen LogP) is 3.63. The molecule has 0 unspecified atom stereocenters. The number of amides is 2. The second-order valence-corrected chi connectivity index (χ2v) is 6.90. The maximum atomic E-state index is 12.1. The van der Waals surface area contributed by atoms with Gasteiger partial charge in [0.05, 0.1) is 19.4 Å². The van der Waals surface area contributed by atoms with E-state index in [1.54, 1.807) is 36.6 Å². The summed E-state index contributed by atoms with van der Waals surface area (Å²) in [6.07, 6.45) is 9.69. The van der Waals surface area contributed by atoms with Crippen LogP contribution in [0.5, 0.6) is 0 Å². The normalized spacial score (nSPS) is 13.5. The molecule has 0 aliphatic heterocycles. The molecule has 0 fully saturated rings. The van der Waals surface area contributed by atoms with Gasteiger partial charge in [0, 0.05) is 17.8 Å². The molecule has 1 aliphatic rings. The zero-order chi connectivity index (χ0) is 19.6. The molecule has 0 radical (unpaired) electrons. The average Bonchev–Trinajstić information content (AvgIpc) is 3.25. The Morgan fingerprint density at radius 2 is 1.89 bits per heavy atom. The van der Waals surface area contributed by atoms with Gasteiger partial charge in [-0.05, 0) is 68.5 Å². The molecule has 148 valence electrons. The number of benzene rings is 1. The van der Waals surface area contributed by atoms with Gasteiger partial charge in [-0.1, -0.05) is 11.6 Å². The van der Waals surface area contributed by atoms with E-state index in [0.717, 1.165) is 18.5 Å². The first kappa shape index (κ1) is 19.7. The van der Waals surface area contributed by atoms with Gasteiger partial charge in [-0.2, -0.15) is 0 Å². The number of hydrogen-bond acceptors (Lipinski definition) is 4. The van der Waals surface area contributed by atoms with Gasteiger partial charge in [0.15, 0.2) is 0 Å². The van der Waals surface area contributed by atoms with Crippen LogP contribution in [0.15, 0.2) is 58.7 Å². The van der Waals surface area contributed by atoms with Crippen molar-refractivity contribution in [3.63, 3.8) is 0 Å². The van der Waals surface area contributed by atoms with E-state index in [0.29, 0.717) is 24.4 Å². The third-order valence-corrected chi connectivity index (χ3v) is 4.76. The number of hydrogen-bond donors (Lipinski definition) is 3. The van der Waals surface area contributed by atoms with Crippen molar-refractivity contribution < 1.29 is 14.0 Å². The van der Waals surface area contributed by atoms with Crippen molar-refractivity contribution in [2.75, 3.05) is 18.4 Å². The Labute approximate surface area is 165 Å². The summed E-state index contributed by atoms with van der Waals surface area (Å²) in [5.41, 5.74) is 2.82. The Kier molecular flexibility index (Phi) is 7.29. The number of rotatable bonds is 9. The number of nitrogens with one attached hydrogen (secondary N) is 3. The molecule has 3 rings (SSSR count). The molecule has 3 N–H and O–H groups in total. The highest BCUT2D eigenvalue weighted by molar-refractivity contribution is 5.94. The van der Waals surface area contributed by atoms with E-state index in [1.165, 1.54) is 24.8 Å². The quantitative estimate of drug-likeness (QED) is 0.579. The number of allylic oxidation sites excluding steroid dienone is 1. The first-order valence-corrected chi connectivity index (χ1v) is 9.80. The molecule has 0 saturated heterocycles. The van der Waals surface area contributed by atoms with Crippen molar-refractivity contribution in [3.05, 3.63) is 65.6 Å². The van der Waals surface area contributed by atoms with Crippen LogP contribution in [-0.2, 0) is 11.3 Å². The second-order valence-electron chi connectivity index (χ2n) is 6.90. The van der Waals surface area contributed by atoms with Crippen LogP contribution in [0, 0.1) is 0 Å². The van der Waals surface area contributed by atoms with E-state index in [-0.39, 0.29) is 18.4 Å². The minimum absolute atomic E-state index is 0.0309. The molecule has 0 atom stereocenters. The molecular weight excluding hydrogens is 354 g/mol. The summed E-state index contributed by atoms with van der Waals surface area (Å²) < 4.78 is 5.19. The largest absolute Gasteiger partial charge is 0.467 e. The first-order chi connectivity index (χ1) is 13.7. The molecule has 28 heavy (non-hydrogen) atoms. The Morgan fingerprint density at radius 1 is 1.04 bits per heavy atom. The van der Waals surface area contributed by atoms with Gasteiger partial charge in [0.1, 0.15) is 5.76 Å². The van der Waals surface area contributed by atoms with Crippen LogP contribution < -0.4 is 16.0 Å². The summed E-state index contributed by atoms with van der Waals surface area (Å²) in [7, 11) is 0. The second kappa shape index (κ2) is 10.3. The lowest BCUT2D eigenvalue weighted by Gasteiger charge is -2.13. The lowest BCUT2D eigenvalue weighted by Crippen LogP contribution is -2.30. The van der Waals surface area contributed by atoms with Crippen molar-refractivity contribution in [1.82, 2.24) is 10.6 Å². The van der Waals surface area contributed by atoms with Crippen LogP contribution in [0.2, 0.25) is 0 Å². The minimum atomic E-state index is -0.169. The maximum Gasteiger partial charge on any atom is 0.251 e. The molecule has 1 aromatic heterocycles. The minimum Gasteiger partial charge on any atom is -0.467 e. The molecule has 6 nitrogen and oxygen atoms in total. The van der Waals surface area contributed by atoms with Crippen molar-refractivity contribution in [1.29, 1.82) is 0 Å². The van der Waals surface area contributed by atoms with Gasteiger partial charge in [-0.25, -0.2) is 0 Å². The summed E-state index contributed by atoms with van der Waals surface area (Å²) in [5.74, 6) is 0.506. The highest BCUT2D eigenvalue weighted by Crippen LogP contribution is 2.19. The van der Waals surface area contributed by atoms with Gasteiger partial charge in [-0.15, -0.1) is 0 Å². The number of carbonyl (C=O) groups excluding carboxylic acids is 2. The fourth-order valence-electron chi connectivity index (χ4n) is 3.16. The third-order valence-electron chi connectivity index (χ3n) is 4.76. The van der Waals surface area contributed by atoms with Gasteiger partial charge in [-0.3, -0.25) is 9.59 Å². The number of carbonyl (C=O) groups is 2. The van der Waals surface area contributed by atoms with Crippen LogP contribution >= 0.6 is 0 Å². The zero-order valence-corrected chi connectivity index (χ0v) is 16.0. The topological polar surface area (TPSA) is 83.4 Å². The smallest absolute Gasteiger partial charge is 0.251 e. The molecule has 1 aromatic carbocycles. The molecule has 1 heterocycles. The summed E-state index contributed by atoms with van der Waals surface area (Å²) in [5, 5.41) is 8.82. The van der Waals surface area contributed by atoms with E-state index < -0.39 is 0 Å². The van der Waals surface area contributed by atoms with E-state index in [9.17, 15) is 9.59 Å². The van der Waals surface area contributed by atoms with Crippen LogP contribution in [0.25, 0.3) is 0 Å². The number of anilines is 1. The SMILES string of the molecule is O=C(CNc1ccc(C(=O)NCc2ccco2)cc1)NCCC1=CCCCC1. The first-order valence-electron chi connectivity index (χ1n) is 9.80. The van der Waals surface area contributed by atoms with E-state index in [1.807, 2.05) is 6.07 Å². The summed E-state index contributed by atoms with van der Waals surface area (Å²) in [6.45, 7) is 1.24. The van der Waals surface area contributed by atoms with Gasteiger partial charge in [0.2, 0.25) is 5.91 Å². The molecule has 0 spiro atoms. The van der Waals surface area contributed by atoms with E-state index >= 15 is 0 Å². The molecule has 0 bridgehead atoms. The molecule has 2 aromatic rings. The highest BCUT2D eigenvalue weighted by atomic mass is 16.3. The zero-order valence-electron chi connectivity index (χ0n) is 16.0.